The summed E-state index contributed by atoms with van der Waals surface area (Å²) in [5.74, 6) is 1.73. The Morgan fingerprint density at radius 3 is 3.05 bits per heavy atom. The van der Waals surface area contributed by atoms with Crippen molar-refractivity contribution in [2.24, 2.45) is 0 Å². The molecule has 0 aliphatic rings. The monoisotopic (exact) mass is 310 g/mol. The van der Waals surface area contributed by atoms with Crippen molar-refractivity contribution in [3.63, 3.8) is 0 Å². The summed E-state index contributed by atoms with van der Waals surface area (Å²) in [5, 5.41) is 12.4. The van der Waals surface area contributed by atoms with E-state index in [4.69, 9.17) is 4.42 Å². The van der Waals surface area contributed by atoms with Gasteiger partial charge in [0.1, 0.15) is 5.76 Å². The average molecular weight is 310 g/mol. The van der Waals surface area contributed by atoms with Gasteiger partial charge >= 0.3 is 0 Å². The van der Waals surface area contributed by atoms with Gasteiger partial charge in [0.05, 0.1) is 18.3 Å². The van der Waals surface area contributed by atoms with Crippen LogP contribution >= 0.6 is 11.3 Å². The van der Waals surface area contributed by atoms with Crippen molar-refractivity contribution in [2.75, 3.05) is 5.32 Å². The predicted octanol–water partition coefficient (Wildman–Crippen LogP) is 4.20. The Morgan fingerprint density at radius 2 is 2.18 bits per heavy atom. The second-order valence-electron chi connectivity index (χ2n) is 5.07. The van der Waals surface area contributed by atoms with Crippen molar-refractivity contribution >= 4 is 27.9 Å². The summed E-state index contributed by atoms with van der Waals surface area (Å²) >= 11 is 1.64. The third-order valence-electron chi connectivity index (χ3n) is 3.41. The number of H-pyrrole nitrogens is 1. The molecule has 0 fully saturated rings. The maximum Gasteiger partial charge on any atom is 0.162 e. The summed E-state index contributed by atoms with van der Waals surface area (Å²) in [6, 6.07) is 10.1. The topological polar surface area (TPSA) is 66.7 Å². The molecule has 4 aromatic rings. The molecular formula is C16H14N4OS. The standard InChI is InChI=1S/C16H14N4OS/c1-10-2-5-15(21-10)16-18-9-13(22-16)8-17-12-3-4-14-11(6-12)7-19-20-14/h2-7,9,17H,8H2,1H3,(H,19,20). The summed E-state index contributed by atoms with van der Waals surface area (Å²) in [6.45, 7) is 2.67. The second-order valence-corrected chi connectivity index (χ2v) is 6.18. The van der Waals surface area contributed by atoms with Crippen LogP contribution in [0.1, 0.15) is 10.6 Å². The van der Waals surface area contributed by atoms with Gasteiger partial charge in [-0.2, -0.15) is 5.10 Å². The fourth-order valence-corrected chi connectivity index (χ4v) is 3.11. The molecule has 1 aromatic carbocycles. The molecule has 3 aromatic heterocycles. The van der Waals surface area contributed by atoms with Crippen molar-refractivity contribution in [3.05, 3.63) is 53.4 Å². The van der Waals surface area contributed by atoms with Crippen molar-refractivity contribution in [1.29, 1.82) is 0 Å². The number of aryl methyl sites for hydroxylation is 1. The highest BCUT2D eigenvalue weighted by molar-refractivity contribution is 7.14. The molecule has 0 radical (unpaired) electrons. The minimum Gasteiger partial charge on any atom is -0.459 e. The van der Waals surface area contributed by atoms with Gasteiger partial charge in [0.2, 0.25) is 0 Å². The van der Waals surface area contributed by atoms with Crippen molar-refractivity contribution < 1.29 is 4.42 Å². The van der Waals surface area contributed by atoms with E-state index in [2.05, 4.69) is 26.6 Å². The Bertz CT molecular complexity index is 921. The summed E-state index contributed by atoms with van der Waals surface area (Å²) < 4.78 is 5.60. The van der Waals surface area contributed by atoms with E-state index >= 15 is 0 Å². The highest BCUT2D eigenvalue weighted by Gasteiger charge is 2.08. The number of aromatic amines is 1. The number of nitrogens with zero attached hydrogens (tertiary/aromatic N) is 2. The van der Waals surface area contributed by atoms with E-state index in [9.17, 15) is 0 Å². The maximum atomic E-state index is 5.60. The average Bonchev–Trinajstić information content (AvgIpc) is 3.24. The first-order valence-electron chi connectivity index (χ1n) is 6.96. The first-order chi connectivity index (χ1) is 10.8. The summed E-state index contributed by atoms with van der Waals surface area (Å²) in [6.07, 6.45) is 3.71. The molecule has 2 N–H and O–H groups in total. The lowest BCUT2D eigenvalue weighted by atomic mass is 10.2. The Hall–Kier alpha value is -2.60. The van der Waals surface area contributed by atoms with Gasteiger partial charge in [0, 0.05) is 22.1 Å². The van der Waals surface area contributed by atoms with E-state index in [-0.39, 0.29) is 0 Å². The molecular weight excluding hydrogens is 296 g/mol. The quantitative estimate of drug-likeness (QED) is 0.593. The first-order valence-corrected chi connectivity index (χ1v) is 7.78. The number of furan rings is 1. The van der Waals surface area contributed by atoms with E-state index in [1.165, 1.54) is 0 Å². The van der Waals surface area contributed by atoms with Crippen molar-refractivity contribution in [2.45, 2.75) is 13.5 Å². The minimum atomic E-state index is 0.737. The van der Waals surface area contributed by atoms with Gasteiger partial charge in [0.15, 0.2) is 10.8 Å². The van der Waals surface area contributed by atoms with Gasteiger partial charge in [-0.25, -0.2) is 4.98 Å². The lowest BCUT2D eigenvalue weighted by molar-refractivity contribution is 0.548. The molecule has 0 bridgehead atoms. The lowest BCUT2D eigenvalue weighted by Crippen LogP contribution is -1.96. The molecule has 0 aliphatic heterocycles. The Labute approximate surface area is 131 Å². The zero-order valence-corrected chi connectivity index (χ0v) is 12.8. The number of fused-ring (bicyclic) bond motifs is 1. The van der Waals surface area contributed by atoms with Crippen LogP contribution in [0.3, 0.4) is 0 Å². The van der Waals surface area contributed by atoms with Gasteiger partial charge < -0.3 is 9.73 Å². The molecule has 4 rings (SSSR count). The minimum absolute atomic E-state index is 0.737. The molecule has 6 heteroatoms. The van der Waals surface area contributed by atoms with E-state index in [1.807, 2.05) is 43.6 Å². The molecule has 0 saturated heterocycles. The molecule has 0 amide bonds. The maximum absolute atomic E-state index is 5.60. The number of aromatic nitrogens is 3. The SMILES string of the molecule is Cc1ccc(-c2ncc(CNc3ccc4[nH]ncc4c3)s2)o1. The van der Waals surface area contributed by atoms with E-state index < -0.39 is 0 Å². The lowest BCUT2D eigenvalue weighted by Gasteiger charge is -2.04. The van der Waals surface area contributed by atoms with Gasteiger partial charge in [-0.05, 0) is 37.3 Å². The summed E-state index contributed by atoms with van der Waals surface area (Å²) in [5.41, 5.74) is 2.11. The fraction of sp³-hybridized carbons (Fsp3) is 0.125. The van der Waals surface area contributed by atoms with Gasteiger partial charge in [0.25, 0.3) is 0 Å². The van der Waals surface area contributed by atoms with Gasteiger partial charge in [-0.15, -0.1) is 11.3 Å². The van der Waals surface area contributed by atoms with Crippen LogP contribution in [0, 0.1) is 6.92 Å². The zero-order chi connectivity index (χ0) is 14.9. The van der Waals surface area contributed by atoms with E-state index in [0.717, 1.165) is 44.5 Å². The third kappa shape index (κ3) is 2.48. The van der Waals surface area contributed by atoms with Gasteiger partial charge in [-0.3, -0.25) is 5.10 Å². The predicted molar refractivity (Wildman–Crippen MR) is 88.0 cm³/mol. The molecule has 110 valence electrons. The molecule has 22 heavy (non-hydrogen) atoms. The van der Waals surface area contributed by atoms with Crippen molar-refractivity contribution in [3.8, 4) is 10.8 Å². The van der Waals surface area contributed by atoms with E-state index in [1.54, 1.807) is 11.3 Å². The zero-order valence-electron chi connectivity index (χ0n) is 12.0. The summed E-state index contributed by atoms with van der Waals surface area (Å²) in [4.78, 5) is 5.59. The first kappa shape index (κ1) is 13.1. The highest BCUT2D eigenvalue weighted by atomic mass is 32.1. The highest BCUT2D eigenvalue weighted by Crippen LogP contribution is 2.27. The van der Waals surface area contributed by atoms with E-state index in [0.29, 0.717) is 0 Å². The molecule has 0 aliphatic carbocycles. The molecule has 0 unspecified atom stereocenters. The number of hydrogen-bond acceptors (Lipinski definition) is 5. The van der Waals surface area contributed by atoms with Crippen LogP contribution in [0.4, 0.5) is 5.69 Å². The molecule has 0 spiro atoms. The number of thiazole rings is 1. The number of anilines is 1. The Morgan fingerprint density at radius 1 is 1.23 bits per heavy atom. The van der Waals surface area contributed by atoms with Gasteiger partial charge in [-0.1, -0.05) is 0 Å². The molecule has 0 saturated carbocycles. The number of benzene rings is 1. The van der Waals surface area contributed by atoms with Crippen molar-refractivity contribution in [1.82, 2.24) is 15.2 Å². The van der Waals surface area contributed by atoms with Crippen LogP contribution in [0.5, 0.6) is 0 Å². The largest absolute Gasteiger partial charge is 0.459 e. The van der Waals surface area contributed by atoms with Crippen LogP contribution in [-0.4, -0.2) is 15.2 Å². The number of nitrogens with one attached hydrogen (secondary N) is 2. The Balaban J connectivity index is 1.48. The van der Waals surface area contributed by atoms with Crippen LogP contribution in [0.15, 0.2) is 47.1 Å². The normalized spacial score (nSPS) is 11.1. The smallest absolute Gasteiger partial charge is 0.162 e. The molecule has 0 atom stereocenters. The van der Waals surface area contributed by atoms with Crippen LogP contribution < -0.4 is 5.32 Å². The van der Waals surface area contributed by atoms with Crippen LogP contribution in [0.25, 0.3) is 21.7 Å². The number of rotatable bonds is 4. The van der Waals surface area contributed by atoms with Crippen LogP contribution in [0.2, 0.25) is 0 Å². The summed E-state index contributed by atoms with van der Waals surface area (Å²) in [7, 11) is 0. The Kier molecular flexibility index (Phi) is 3.16. The number of hydrogen-bond donors (Lipinski definition) is 2. The fourth-order valence-electron chi connectivity index (χ4n) is 2.29. The molecule has 5 nitrogen and oxygen atoms in total. The molecule has 3 heterocycles. The second kappa shape index (κ2) is 5.31. The van der Waals surface area contributed by atoms with Crippen LogP contribution in [-0.2, 0) is 6.54 Å². The third-order valence-corrected chi connectivity index (χ3v) is 4.42.